The predicted octanol–water partition coefficient (Wildman–Crippen LogP) is -0.680. The lowest BCUT2D eigenvalue weighted by molar-refractivity contribution is 0.528. The first kappa shape index (κ1) is 3.87. The van der Waals surface area contributed by atoms with Crippen molar-refractivity contribution < 1.29 is 0 Å². The second kappa shape index (κ2) is 1.20. The van der Waals surface area contributed by atoms with Gasteiger partial charge in [0.2, 0.25) is 0 Å². The highest BCUT2D eigenvalue weighted by Gasteiger charge is 2.29. The molecule has 2 heteroatoms. The first-order chi connectivity index (χ1) is 3.45. The van der Waals surface area contributed by atoms with Gasteiger partial charge in [-0.15, -0.1) is 0 Å². The Balaban J connectivity index is 2.12. The molecule has 0 radical (unpaired) electrons. The fourth-order valence-corrected chi connectivity index (χ4v) is 1.44. The zero-order chi connectivity index (χ0) is 4.69. The number of hydrogen-bond acceptors (Lipinski definition) is 2. The summed E-state index contributed by atoms with van der Waals surface area (Å²) in [7, 11) is 0. The maximum atomic E-state index is 3.39. The molecule has 0 aromatic rings. The summed E-state index contributed by atoms with van der Waals surface area (Å²) in [6.07, 6.45) is 1.36. The van der Waals surface area contributed by atoms with Gasteiger partial charge in [0, 0.05) is 25.2 Å². The van der Waals surface area contributed by atoms with Crippen LogP contribution in [0.4, 0.5) is 0 Å². The first-order valence-electron chi connectivity index (χ1n) is 2.92. The Hall–Kier alpha value is -0.0800. The van der Waals surface area contributed by atoms with Crippen LogP contribution in [0.5, 0.6) is 0 Å². The lowest BCUT2D eigenvalue weighted by Crippen LogP contribution is -2.39. The van der Waals surface area contributed by atoms with E-state index in [9.17, 15) is 0 Å². The predicted molar refractivity (Wildman–Crippen MR) is 28.2 cm³/mol. The minimum absolute atomic E-state index is 0.810. The smallest absolute Gasteiger partial charge is 0.0208 e. The molecule has 2 fully saturated rings. The normalized spacial score (nSPS) is 48.0. The van der Waals surface area contributed by atoms with Crippen molar-refractivity contribution in [2.24, 2.45) is 0 Å². The van der Waals surface area contributed by atoms with Crippen molar-refractivity contribution >= 4 is 0 Å². The van der Waals surface area contributed by atoms with Crippen molar-refractivity contribution in [3.63, 3.8) is 0 Å². The molecule has 7 heavy (non-hydrogen) atoms. The fourth-order valence-electron chi connectivity index (χ4n) is 1.44. The Morgan fingerprint density at radius 2 is 1.57 bits per heavy atom. The minimum Gasteiger partial charge on any atom is -0.311 e. The number of rotatable bonds is 0. The molecule has 0 aromatic carbocycles. The molecule has 40 valence electrons. The van der Waals surface area contributed by atoms with Gasteiger partial charge in [0.15, 0.2) is 0 Å². The molecule has 2 bridgehead atoms. The maximum Gasteiger partial charge on any atom is 0.0208 e. The van der Waals surface area contributed by atoms with Crippen LogP contribution in [0.1, 0.15) is 6.42 Å². The minimum atomic E-state index is 0.810. The van der Waals surface area contributed by atoms with E-state index >= 15 is 0 Å². The highest BCUT2D eigenvalue weighted by molar-refractivity contribution is 4.94. The molecule has 2 atom stereocenters. The highest BCUT2D eigenvalue weighted by atomic mass is 15.1. The van der Waals surface area contributed by atoms with Gasteiger partial charge < -0.3 is 10.6 Å². The van der Waals surface area contributed by atoms with Gasteiger partial charge in [0.25, 0.3) is 0 Å². The largest absolute Gasteiger partial charge is 0.311 e. The van der Waals surface area contributed by atoms with Crippen LogP contribution in [0.15, 0.2) is 0 Å². The summed E-state index contributed by atoms with van der Waals surface area (Å²) in [4.78, 5) is 0. The summed E-state index contributed by atoms with van der Waals surface area (Å²) in [6, 6.07) is 1.62. The van der Waals surface area contributed by atoms with Crippen molar-refractivity contribution in [3.8, 4) is 0 Å². The van der Waals surface area contributed by atoms with Gasteiger partial charge in [-0.25, -0.2) is 0 Å². The molecule has 0 saturated carbocycles. The molecule has 2 aliphatic heterocycles. The Morgan fingerprint density at radius 1 is 1.00 bits per heavy atom. The lowest BCUT2D eigenvalue weighted by atomic mass is 10.3. The molecule has 0 aliphatic carbocycles. The summed E-state index contributed by atoms with van der Waals surface area (Å²) in [6.45, 7) is 2.40. The fraction of sp³-hybridized carbons (Fsp3) is 1.00. The van der Waals surface area contributed by atoms with Crippen molar-refractivity contribution in [2.75, 3.05) is 13.1 Å². The van der Waals surface area contributed by atoms with E-state index < -0.39 is 0 Å². The van der Waals surface area contributed by atoms with E-state index in [2.05, 4.69) is 10.6 Å². The van der Waals surface area contributed by atoms with Gasteiger partial charge in [-0.2, -0.15) is 0 Å². The Bertz CT molecular complexity index is 64.1. The standard InChI is InChI=1S/C5H10N2/c1-4-2-6-5(1)3-7-4/h4-7H,1-3H2/t4-,5?/m1/s1. The van der Waals surface area contributed by atoms with Crippen molar-refractivity contribution in [1.29, 1.82) is 0 Å². The van der Waals surface area contributed by atoms with Crippen LogP contribution < -0.4 is 10.6 Å². The second-order valence-electron chi connectivity index (χ2n) is 2.45. The van der Waals surface area contributed by atoms with E-state index in [4.69, 9.17) is 0 Å². The molecular formula is C5H10N2. The molecule has 2 rings (SSSR count). The van der Waals surface area contributed by atoms with Crippen molar-refractivity contribution in [3.05, 3.63) is 0 Å². The van der Waals surface area contributed by atoms with E-state index in [1.807, 2.05) is 0 Å². The average molecular weight is 98.1 g/mol. The second-order valence-corrected chi connectivity index (χ2v) is 2.45. The van der Waals surface area contributed by atoms with Crippen LogP contribution >= 0.6 is 0 Å². The number of piperazine rings is 1. The summed E-state index contributed by atoms with van der Waals surface area (Å²) in [5.41, 5.74) is 0. The van der Waals surface area contributed by atoms with Gasteiger partial charge in [-0.1, -0.05) is 0 Å². The molecule has 0 aromatic heterocycles. The van der Waals surface area contributed by atoms with Crippen LogP contribution in [0.2, 0.25) is 0 Å². The Labute approximate surface area is 43.3 Å². The van der Waals surface area contributed by atoms with E-state index in [0.717, 1.165) is 12.1 Å². The molecule has 2 saturated heterocycles. The molecule has 1 unspecified atom stereocenters. The summed E-state index contributed by atoms with van der Waals surface area (Å²) < 4.78 is 0. The van der Waals surface area contributed by atoms with Gasteiger partial charge in [0.1, 0.15) is 0 Å². The number of hydrogen-bond donors (Lipinski definition) is 2. The summed E-state index contributed by atoms with van der Waals surface area (Å²) in [5, 5.41) is 6.79. The van der Waals surface area contributed by atoms with E-state index in [1.165, 1.54) is 19.5 Å². The van der Waals surface area contributed by atoms with Crippen LogP contribution in [0.25, 0.3) is 0 Å². The van der Waals surface area contributed by atoms with Crippen LogP contribution in [-0.4, -0.2) is 25.2 Å². The topological polar surface area (TPSA) is 24.1 Å². The SMILES string of the molecule is C1N[C@H]2CNC1C2. The van der Waals surface area contributed by atoms with Gasteiger partial charge >= 0.3 is 0 Å². The van der Waals surface area contributed by atoms with Crippen LogP contribution in [0, 0.1) is 0 Å². The summed E-state index contributed by atoms with van der Waals surface area (Å²) in [5.74, 6) is 0. The monoisotopic (exact) mass is 98.1 g/mol. The molecule has 2 aliphatic rings. The quantitative estimate of drug-likeness (QED) is 0.419. The molecule has 2 heterocycles. The zero-order valence-corrected chi connectivity index (χ0v) is 4.28. The van der Waals surface area contributed by atoms with E-state index in [-0.39, 0.29) is 0 Å². The molecule has 2 N–H and O–H groups in total. The summed E-state index contributed by atoms with van der Waals surface area (Å²) >= 11 is 0. The average Bonchev–Trinajstić information content (AvgIpc) is 2.22. The van der Waals surface area contributed by atoms with Gasteiger partial charge in [-0.3, -0.25) is 0 Å². The molecular weight excluding hydrogens is 88.1 g/mol. The number of fused-ring (bicyclic) bond motifs is 2. The lowest BCUT2D eigenvalue weighted by Gasteiger charge is -2.10. The molecule has 0 spiro atoms. The third-order valence-electron chi connectivity index (χ3n) is 1.87. The Morgan fingerprint density at radius 3 is 1.71 bits per heavy atom. The van der Waals surface area contributed by atoms with Crippen molar-refractivity contribution in [1.82, 2.24) is 10.6 Å². The highest BCUT2D eigenvalue weighted by Crippen LogP contribution is 2.11. The zero-order valence-electron chi connectivity index (χ0n) is 4.28. The van der Waals surface area contributed by atoms with E-state index in [0.29, 0.717) is 0 Å². The Kier molecular flexibility index (Phi) is 0.664. The van der Waals surface area contributed by atoms with Gasteiger partial charge in [0.05, 0.1) is 0 Å². The van der Waals surface area contributed by atoms with E-state index in [1.54, 1.807) is 0 Å². The first-order valence-corrected chi connectivity index (χ1v) is 2.92. The molecule has 2 nitrogen and oxygen atoms in total. The van der Waals surface area contributed by atoms with Crippen LogP contribution in [-0.2, 0) is 0 Å². The van der Waals surface area contributed by atoms with Gasteiger partial charge in [-0.05, 0) is 6.42 Å². The van der Waals surface area contributed by atoms with Crippen molar-refractivity contribution in [2.45, 2.75) is 18.5 Å². The van der Waals surface area contributed by atoms with Crippen LogP contribution in [0.3, 0.4) is 0 Å². The maximum absolute atomic E-state index is 3.39. The third kappa shape index (κ3) is 0.469. The molecule has 0 amide bonds. The number of nitrogens with one attached hydrogen (secondary N) is 2. The third-order valence-corrected chi connectivity index (χ3v) is 1.87.